The van der Waals surface area contributed by atoms with Crippen LogP contribution in [0.1, 0.15) is 40.5 Å². The summed E-state index contributed by atoms with van der Waals surface area (Å²) in [7, 11) is 0. The molecule has 5 heteroatoms. The zero-order valence-electron chi connectivity index (χ0n) is 11.9. The monoisotopic (exact) mass is 258 g/mol. The Kier molecular flexibility index (Phi) is 9.28. The largest absolute Gasteiger partial charge is 0.466 e. The van der Waals surface area contributed by atoms with Crippen LogP contribution in [0, 0.1) is 5.92 Å². The Morgan fingerprint density at radius 3 is 2.44 bits per heavy atom. The summed E-state index contributed by atoms with van der Waals surface area (Å²) in [5.74, 6) is 0.297. The molecule has 5 nitrogen and oxygen atoms in total. The highest BCUT2D eigenvalue weighted by Gasteiger charge is 2.09. The second kappa shape index (κ2) is 9.88. The van der Waals surface area contributed by atoms with Gasteiger partial charge in [0.1, 0.15) is 0 Å². The summed E-state index contributed by atoms with van der Waals surface area (Å²) >= 11 is 0. The van der Waals surface area contributed by atoms with E-state index in [1.54, 1.807) is 6.92 Å². The van der Waals surface area contributed by atoms with Gasteiger partial charge in [-0.3, -0.25) is 9.59 Å². The van der Waals surface area contributed by atoms with E-state index in [4.69, 9.17) is 4.74 Å². The number of hydrogen-bond acceptors (Lipinski definition) is 4. The van der Waals surface area contributed by atoms with Crippen molar-refractivity contribution < 1.29 is 14.3 Å². The Labute approximate surface area is 110 Å². The average Bonchev–Trinajstić information content (AvgIpc) is 2.26. The van der Waals surface area contributed by atoms with Gasteiger partial charge in [0.2, 0.25) is 5.91 Å². The van der Waals surface area contributed by atoms with Gasteiger partial charge in [-0.15, -0.1) is 0 Å². The predicted molar refractivity (Wildman–Crippen MR) is 71.2 cm³/mol. The summed E-state index contributed by atoms with van der Waals surface area (Å²) in [6.45, 7) is 9.49. The summed E-state index contributed by atoms with van der Waals surface area (Å²) in [4.78, 5) is 22.6. The Balaban J connectivity index is 3.58. The molecule has 0 saturated carbocycles. The number of hydrogen-bond donors (Lipinski definition) is 2. The summed E-state index contributed by atoms with van der Waals surface area (Å²) in [5, 5.41) is 5.98. The van der Waals surface area contributed by atoms with E-state index in [9.17, 15) is 9.59 Å². The SMILES string of the molecule is CCOC(=O)CC(C)NCCC(=O)NCC(C)C. The number of ether oxygens (including phenoxy) is 1. The minimum Gasteiger partial charge on any atom is -0.466 e. The van der Waals surface area contributed by atoms with E-state index in [-0.39, 0.29) is 17.9 Å². The highest BCUT2D eigenvalue weighted by Crippen LogP contribution is 1.94. The molecule has 0 saturated heterocycles. The fourth-order valence-corrected chi connectivity index (χ4v) is 1.38. The molecule has 0 aliphatic rings. The molecule has 2 N–H and O–H groups in total. The Bertz CT molecular complexity index is 255. The lowest BCUT2D eigenvalue weighted by Crippen LogP contribution is -2.34. The van der Waals surface area contributed by atoms with Crippen molar-refractivity contribution in [1.82, 2.24) is 10.6 Å². The molecule has 0 aromatic rings. The van der Waals surface area contributed by atoms with Crippen molar-refractivity contribution in [3.63, 3.8) is 0 Å². The molecule has 0 bridgehead atoms. The molecule has 18 heavy (non-hydrogen) atoms. The predicted octanol–water partition coefficient (Wildman–Crippen LogP) is 1.08. The third kappa shape index (κ3) is 10.1. The Morgan fingerprint density at radius 2 is 1.89 bits per heavy atom. The van der Waals surface area contributed by atoms with Crippen LogP contribution in [-0.2, 0) is 14.3 Å². The molecule has 0 spiro atoms. The summed E-state index contributed by atoms with van der Waals surface area (Å²) < 4.78 is 4.85. The summed E-state index contributed by atoms with van der Waals surface area (Å²) in [6.07, 6.45) is 0.765. The maximum absolute atomic E-state index is 11.4. The number of esters is 1. The Morgan fingerprint density at radius 1 is 1.22 bits per heavy atom. The van der Waals surface area contributed by atoms with Crippen molar-refractivity contribution in [3.05, 3.63) is 0 Å². The molecule has 0 aliphatic carbocycles. The van der Waals surface area contributed by atoms with Crippen molar-refractivity contribution in [3.8, 4) is 0 Å². The molecular weight excluding hydrogens is 232 g/mol. The van der Waals surface area contributed by atoms with Gasteiger partial charge in [0, 0.05) is 25.6 Å². The normalized spacial score (nSPS) is 12.3. The van der Waals surface area contributed by atoms with Gasteiger partial charge in [-0.1, -0.05) is 13.8 Å². The van der Waals surface area contributed by atoms with Crippen LogP contribution in [0.4, 0.5) is 0 Å². The van der Waals surface area contributed by atoms with E-state index in [0.29, 0.717) is 38.5 Å². The number of nitrogens with one attached hydrogen (secondary N) is 2. The lowest BCUT2D eigenvalue weighted by Gasteiger charge is -2.13. The highest BCUT2D eigenvalue weighted by molar-refractivity contribution is 5.76. The van der Waals surface area contributed by atoms with Crippen molar-refractivity contribution in [2.24, 2.45) is 5.92 Å². The molecule has 0 fully saturated rings. The lowest BCUT2D eigenvalue weighted by atomic mass is 10.2. The van der Waals surface area contributed by atoms with Gasteiger partial charge in [0.25, 0.3) is 0 Å². The van der Waals surface area contributed by atoms with E-state index in [0.717, 1.165) is 0 Å². The van der Waals surface area contributed by atoms with Gasteiger partial charge in [-0.25, -0.2) is 0 Å². The van der Waals surface area contributed by atoms with Crippen LogP contribution in [0.2, 0.25) is 0 Å². The van der Waals surface area contributed by atoms with Gasteiger partial charge in [0.15, 0.2) is 0 Å². The molecule has 1 atom stereocenters. The first-order valence-corrected chi connectivity index (χ1v) is 6.61. The zero-order valence-corrected chi connectivity index (χ0v) is 11.9. The van der Waals surface area contributed by atoms with Crippen LogP contribution < -0.4 is 10.6 Å². The smallest absolute Gasteiger partial charge is 0.307 e. The Hall–Kier alpha value is -1.10. The van der Waals surface area contributed by atoms with Crippen molar-refractivity contribution in [1.29, 1.82) is 0 Å². The molecule has 1 amide bonds. The number of amides is 1. The van der Waals surface area contributed by atoms with E-state index in [1.807, 2.05) is 6.92 Å². The second-order valence-electron chi connectivity index (χ2n) is 4.81. The quantitative estimate of drug-likeness (QED) is 0.607. The third-order valence-electron chi connectivity index (χ3n) is 2.33. The van der Waals surface area contributed by atoms with Crippen LogP contribution in [0.5, 0.6) is 0 Å². The van der Waals surface area contributed by atoms with Crippen molar-refractivity contribution in [2.75, 3.05) is 19.7 Å². The number of carbonyl (C=O) groups excluding carboxylic acids is 2. The van der Waals surface area contributed by atoms with Gasteiger partial charge in [0.05, 0.1) is 13.0 Å². The molecule has 0 aromatic carbocycles. The average molecular weight is 258 g/mol. The van der Waals surface area contributed by atoms with Crippen molar-refractivity contribution >= 4 is 11.9 Å². The fraction of sp³-hybridized carbons (Fsp3) is 0.846. The minimum absolute atomic E-state index is 0.0296. The fourth-order valence-electron chi connectivity index (χ4n) is 1.38. The van der Waals surface area contributed by atoms with Crippen LogP contribution >= 0.6 is 0 Å². The third-order valence-corrected chi connectivity index (χ3v) is 2.33. The first-order chi connectivity index (χ1) is 8.45. The lowest BCUT2D eigenvalue weighted by molar-refractivity contribution is -0.143. The van der Waals surface area contributed by atoms with Gasteiger partial charge in [-0.05, 0) is 19.8 Å². The molecular formula is C13H26N2O3. The topological polar surface area (TPSA) is 67.4 Å². The maximum Gasteiger partial charge on any atom is 0.307 e. The molecule has 0 aliphatic heterocycles. The van der Waals surface area contributed by atoms with Crippen molar-refractivity contribution in [2.45, 2.75) is 46.6 Å². The summed E-state index contributed by atoms with van der Waals surface area (Å²) in [6, 6.07) is 0.0296. The summed E-state index contributed by atoms with van der Waals surface area (Å²) in [5.41, 5.74) is 0. The van der Waals surface area contributed by atoms with Gasteiger partial charge in [-0.2, -0.15) is 0 Å². The second-order valence-corrected chi connectivity index (χ2v) is 4.81. The van der Waals surface area contributed by atoms with Crippen LogP contribution in [0.15, 0.2) is 0 Å². The molecule has 0 aromatic heterocycles. The standard InChI is InChI=1S/C13H26N2O3/c1-5-18-13(17)8-11(4)14-7-6-12(16)15-9-10(2)3/h10-11,14H,5-9H2,1-4H3,(H,15,16). The maximum atomic E-state index is 11.4. The van der Waals surface area contributed by atoms with E-state index in [2.05, 4.69) is 24.5 Å². The van der Waals surface area contributed by atoms with E-state index >= 15 is 0 Å². The zero-order chi connectivity index (χ0) is 14.0. The first kappa shape index (κ1) is 16.9. The van der Waals surface area contributed by atoms with Crippen LogP contribution in [-0.4, -0.2) is 37.6 Å². The number of rotatable bonds is 9. The van der Waals surface area contributed by atoms with E-state index in [1.165, 1.54) is 0 Å². The van der Waals surface area contributed by atoms with Gasteiger partial charge >= 0.3 is 5.97 Å². The minimum atomic E-state index is -0.207. The van der Waals surface area contributed by atoms with Crippen LogP contribution in [0.25, 0.3) is 0 Å². The van der Waals surface area contributed by atoms with Gasteiger partial charge < -0.3 is 15.4 Å². The van der Waals surface area contributed by atoms with E-state index < -0.39 is 0 Å². The molecule has 0 rings (SSSR count). The molecule has 0 heterocycles. The van der Waals surface area contributed by atoms with Crippen LogP contribution in [0.3, 0.4) is 0 Å². The molecule has 0 radical (unpaired) electrons. The first-order valence-electron chi connectivity index (χ1n) is 6.61. The number of carbonyl (C=O) groups is 2. The highest BCUT2D eigenvalue weighted by atomic mass is 16.5. The molecule has 106 valence electrons. The molecule has 1 unspecified atom stereocenters.